The average molecular weight is 196 g/mol. The van der Waals surface area contributed by atoms with Crippen LogP contribution < -0.4 is 0 Å². The summed E-state index contributed by atoms with van der Waals surface area (Å²) < 4.78 is 0. The fourth-order valence-electron chi connectivity index (χ4n) is 1.90. The van der Waals surface area contributed by atoms with Crippen molar-refractivity contribution >= 4 is 17.1 Å². The van der Waals surface area contributed by atoms with Crippen LogP contribution in [0.3, 0.4) is 0 Å². The summed E-state index contributed by atoms with van der Waals surface area (Å²) in [6.07, 6.45) is 4.17. The van der Waals surface area contributed by atoms with Crippen molar-refractivity contribution in [1.29, 1.82) is 0 Å². The van der Waals surface area contributed by atoms with Crippen LogP contribution in [0.25, 0.3) is 0 Å². The van der Waals surface area contributed by atoms with Gasteiger partial charge >= 0.3 is 0 Å². The lowest BCUT2D eigenvalue weighted by Gasteiger charge is -2.11. The number of Topliss-reactive ketones (excluding diaryl/α,β-unsaturated/α-hetero) is 1. The van der Waals surface area contributed by atoms with Gasteiger partial charge < -0.3 is 5.11 Å². The molecule has 2 rings (SSSR count). The number of hydrogen-bond donors (Lipinski definition) is 1. The molecule has 0 saturated carbocycles. The van der Waals surface area contributed by atoms with Crippen molar-refractivity contribution < 1.29 is 9.90 Å². The Morgan fingerprint density at radius 3 is 2.54 bits per heavy atom. The van der Waals surface area contributed by atoms with E-state index in [-0.39, 0.29) is 5.78 Å². The third-order valence-electron chi connectivity index (χ3n) is 2.52. The number of carbonyl (C=O) groups excluding carboxylic acids is 1. The van der Waals surface area contributed by atoms with E-state index in [0.717, 1.165) is 41.7 Å². The fourth-order valence-corrected chi connectivity index (χ4v) is 2.93. The van der Waals surface area contributed by atoms with E-state index in [1.807, 2.05) is 0 Å². The van der Waals surface area contributed by atoms with Gasteiger partial charge in [-0.25, -0.2) is 0 Å². The Balaban J connectivity index is 2.53. The molecule has 1 aliphatic carbocycles. The highest BCUT2D eigenvalue weighted by atomic mass is 32.1. The molecule has 1 aromatic heterocycles. The van der Waals surface area contributed by atoms with E-state index in [9.17, 15) is 9.90 Å². The SMILES string of the molecule is CC(=O)c1sc(O)c2c1CCCC2. The summed E-state index contributed by atoms with van der Waals surface area (Å²) in [5.74, 6) is 0.0865. The van der Waals surface area contributed by atoms with Gasteiger partial charge in [-0.15, -0.1) is 0 Å². The lowest BCUT2D eigenvalue weighted by Crippen LogP contribution is -2.03. The van der Waals surface area contributed by atoms with Gasteiger partial charge in [-0.05, 0) is 38.2 Å². The van der Waals surface area contributed by atoms with E-state index < -0.39 is 0 Å². The highest BCUT2D eigenvalue weighted by Crippen LogP contribution is 2.39. The molecular formula is C10H12O2S. The highest BCUT2D eigenvalue weighted by Gasteiger charge is 2.22. The maximum Gasteiger partial charge on any atom is 0.175 e. The molecule has 1 heterocycles. The van der Waals surface area contributed by atoms with Crippen molar-refractivity contribution in [3.63, 3.8) is 0 Å². The molecule has 3 heteroatoms. The standard InChI is InChI=1S/C10H12O2S/c1-6(11)9-7-4-2-3-5-8(7)10(12)13-9/h12H,2-5H2,1H3. The van der Waals surface area contributed by atoms with Gasteiger partial charge in [0.1, 0.15) is 0 Å². The normalized spacial score (nSPS) is 15.5. The minimum absolute atomic E-state index is 0.0865. The summed E-state index contributed by atoms with van der Waals surface area (Å²) in [5, 5.41) is 9.95. The molecule has 0 amide bonds. The largest absolute Gasteiger partial charge is 0.499 e. The second-order valence-electron chi connectivity index (χ2n) is 3.46. The summed E-state index contributed by atoms with van der Waals surface area (Å²) in [7, 11) is 0. The van der Waals surface area contributed by atoms with Crippen molar-refractivity contribution in [2.24, 2.45) is 0 Å². The van der Waals surface area contributed by atoms with Gasteiger partial charge in [-0.2, -0.15) is 0 Å². The van der Waals surface area contributed by atoms with Crippen LogP contribution in [0.2, 0.25) is 0 Å². The first-order valence-corrected chi connectivity index (χ1v) is 5.36. The third kappa shape index (κ3) is 1.37. The Morgan fingerprint density at radius 1 is 1.31 bits per heavy atom. The summed E-state index contributed by atoms with van der Waals surface area (Å²) in [6, 6.07) is 0. The summed E-state index contributed by atoms with van der Waals surface area (Å²) >= 11 is 1.24. The number of carbonyl (C=O) groups is 1. The molecule has 13 heavy (non-hydrogen) atoms. The Hall–Kier alpha value is -0.830. The smallest absolute Gasteiger partial charge is 0.175 e. The molecule has 1 aromatic rings. The van der Waals surface area contributed by atoms with Crippen LogP contribution in [0.5, 0.6) is 5.06 Å². The Bertz CT molecular complexity index is 352. The first-order valence-electron chi connectivity index (χ1n) is 4.54. The van der Waals surface area contributed by atoms with Crippen molar-refractivity contribution in [2.75, 3.05) is 0 Å². The number of fused-ring (bicyclic) bond motifs is 1. The van der Waals surface area contributed by atoms with Gasteiger partial charge in [-0.1, -0.05) is 11.3 Å². The molecule has 0 radical (unpaired) electrons. The monoisotopic (exact) mass is 196 g/mol. The molecule has 70 valence electrons. The Kier molecular flexibility index (Phi) is 2.12. The van der Waals surface area contributed by atoms with Crippen LogP contribution in [0.4, 0.5) is 0 Å². The summed E-state index contributed by atoms with van der Waals surface area (Å²) in [4.78, 5) is 12.0. The Labute approximate surface area is 81.2 Å². The van der Waals surface area contributed by atoms with Crippen LogP contribution in [-0.4, -0.2) is 10.9 Å². The molecule has 0 aromatic carbocycles. The van der Waals surface area contributed by atoms with E-state index in [2.05, 4.69) is 0 Å². The Morgan fingerprint density at radius 2 is 1.92 bits per heavy atom. The maximum atomic E-state index is 11.2. The molecule has 0 aliphatic heterocycles. The first-order chi connectivity index (χ1) is 6.20. The van der Waals surface area contributed by atoms with Gasteiger partial charge in [-0.3, -0.25) is 4.79 Å². The topological polar surface area (TPSA) is 37.3 Å². The van der Waals surface area contributed by atoms with Crippen molar-refractivity contribution in [3.8, 4) is 5.06 Å². The number of hydrogen-bond acceptors (Lipinski definition) is 3. The zero-order valence-corrected chi connectivity index (χ0v) is 8.41. The molecule has 0 bridgehead atoms. The molecule has 0 spiro atoms. The van der Waals surface area contributed by atoms with Gasteiger partial charge in [0.15, 0.2) is 10.8 Å². The first kappa shape index (κ1) is 8.75. The van der Waals surface area contributed by atoms with Crippen LogP contribution in [-0.2, 0) is 12.8 Å². The molecule has 1 N–H and O–H groups in total. The van der Waals surface area contributed by atoms with Crippen LogP contribution in [0.1, 0.15) is 40.6 Å². The number of thiophene rings is 1. The average Bonchev–Trinajstić information content (AvgIpc) is 2.45. The van der Waals surface area contributed by atoms with Crippen LogP contribution in [0.15, 0.2) is 0 Å². The van der Waals surface area contributed by atoms with Gasteiger partial charge in [0.2, 0.25) is 0 Å². The molecule has 2 nitrogen and oxygen atoms in total. The lowest BCUT2D eigenvalue weighted by atomic mass is 9.93. The quantitative estimate of drug-likeness (QED) is 0.701. The fraction of sp³-hybridized carbons (Fsp3) is 0.500. The molecular weight excluding hydrogens is 184 g/mol. The molecule has 0 saturated heterocycles. The van der Waals surface area contributed by atoms with Crippen molar-refractivity contribution in [1.82, 2.24) is 0 Å². The molecule has 0 atom stereocenters. The van der Waals surface area contributed by atoms with E-state index in [4.69, 9.17) is 0 Å². The summed E-state index contributed by atoms with van der Waals surface area (Å²) in [5.41, 5.74) is 2.14. The summed E-state index contributed by atoms with van der Waals surface area (Å²) in [6.45, 7) is 1.57. The van der Waals surface area contributed by atoms with E-state index in [1.54, 1.807) is 6.92 Å². The zero-order valence-electron chi connectivity index (χ0n) is 7.59. The van der Waals surface area contributed by atoms with Crippen molar-refractivity contribution in [2.45, 2.75) is 32.6 Å². The van der Waals surface area contributed by atoms with Gasteiger partial charge in [0.05, 0.1) is 4.88 Å². The lowest BCUT2D eigenvalue weighted by molar-refractivity contribution is 0.102. The molecule has 0 unspecified atom stereocenters. The number of aromatic hydroxyl groups is 1. The second kappa shape index (κ2) is 3.14. The minimum Gasteiger partial charge on any atom is -0.499 e. The van der Waals surface area contributed by atoms with E-state index in [0.29, 0.717) is 5.06 Å². The van der Waals surface area contributed by atoms with E-state index in [1.165, 1.54) is 11.3 Å². The molecule has 1 aliphatic rings. The number of ketones is 1. The van der Waals surface area contributed by atoms with Crippen LogP contribution >= 0.6 is 11.3 Å². The second-order valence-corrected chi connectivity index (χ2v) is 4.46. The third-order valence-corrected chi connectivity index (χ3v) is 3.70. The predicted octanol–water partition coefficient (Wildman–Crippen LogP) is 2.54. The highest BCUT2D eigenvalue weighted by molar-refractivity contribution is 7.16. The molecule has 0 fully saturated rings. The van der Waals surface area contributed by atoms with E-state index >= 15 is 0 Å². The zero-order chi connectivity index (χ0) is 9.42. The minimum atomic E-state index is 0.0865. The van der Waals surface area contributed by atoms with Crippen LogP contribution in [0, 0.1) is 0 Å². The van der Waals surface area contributed by atoms with Gasteiger partial charge in [0, 0.05) is 5.56 Å². The van der Waals surface area contributed by atoms with Gasteiger partial charge in [0.25, 0.3) is 0 Å². The maximum absolute atomic E-state index is 11.2. The predicted molar refractivity (Wildman–Crippen MR) is 52.6 cm³/mol. The van der Waals surface area contributed by atoms with Crippen molar-refractivity contribution in [3.05, 3.63) is 16.0 Å². The number of rotatable bonds is 1.